The third kappa shape index (κ3) is 9.44. The van der Waals surface area contributed by atoms with Crippen LogP contribution in [0.25, 0.3) is 0 Å². The van der Waals surface area contributed by atoms with E-state index in [2.05, 4.69) is 15.0 Å². The molecule has 0 radical (unpaired) electrons. The van der Waals surface area contributed by atoms with Crippen molar-refractivity contribution in [1.82, 2.24) is 15.2 Å². The summed E-state index contributed by atoms with van der Waals surface area (Å²) in [6.07, 6.45) is -3.05. The summed E-state index contributed by atoms with van der Waals surface area (Å²) in [7, 11) is -3.39. The van der Waals surface area contributed by atoms with Gasteiger partial charge in [0.05, 0.1) is 47.7 Å². The van der Waals surface area contributed by atoms with Gasteiger partial charge in [0.25, 0.3) is 5.91 Å². The van der Waals surface area contributed by atoms with Gasteiger partial charge in [0.15, 0.2) is 15.0 Å². The van der Waals surface area contributed by atoms with Crippen molar-refractivity contribution in [2.75, 3.05) is 50.1 Å². The molecule has 1 saturated heterocycles. The minimum absolute atomic E-state index is 0.0392. The third-order valence-corrected chi connectivity index (χ3v) is 10.2. The van der Waals surface area contributed by atoms with Crippen LogP contribution in [-0.2, 0) is 32.0 Å². The van der Waals surface area contributed by atoms with Gasteiger partial charge in [-0.2, -0.15) is 22.0 Å². The van der Waals surface area contributed by atoms with Gasteiger partial charge in [0.2, 0.25) is 0 Å². The van der Waals surface area contributed by atoms with Crippen LogP contribution in [0.5, 0.6) is 0 Å². The molecule has 0 aliphatic carbocycles. The zero-order valence-electron chi connectivity index (χ0n) is 25.2. The molecular formula is C30H35F5N4O5S2. The number of carbonyl (C=O) groups excluding carboxylic acids is 1. The lowest BCUT2D eigenvalue weighted by atomic mass is 10.1. The Bertz CT molecular complexity index is 1540. The van der Waals surface area contributed by atoms with E-state index in [0.717, 1.165) is 23.5 Å². The highest BCUT2D eigenvalue weighted by Crippen LogP contribution is 2.31. The smallest absolute Gasteiger partial charge is 0.379 e. The number of piperazine rings is 1. The Morgan fingerprint density at radius 1 is 1.09 bits per heavy atom. The zero-order chi connectivity index (χ0) is 33.5. The molecule has 1 unspecified atom stereocenters. The summed E-state index contributed by atoms with van der Waals surface area (Å²) in [5, 5.41) is 3.34. The highest BCUT2D eigenvalue weighted by Gasteiger charge is 2.32. The monoisotopic (exact) mass is 690 g/mol. The molecule has 16 heteroatoms. The molecule has 2 aromatic carbocycles. The largest absolute Gasteiger partial charge is 0.416 e. The van der Waals surface area contributed by atoms with Gasteiger partial charge in [-0.25, -0.2) is 13.4 Å². The van der Waals surface area contributed by atoms with E-state index in [1.807, 2.05) is 11.8 Å². The van der Waals surface area contributed by atoms with Crippen LogP contribution in [0.1, 0.15) is 46.3 Å². The van der Waals surface area contributed by atoms with Crippen LogP contribution in [0, 0.1) is 0 Å². The second kappa shape index (κ2) is 15.6. The van der Waals surface area contributed by atoms with E-state index in [-0.39, 0.29) is 35.3 Å². The minimum atomic E-state index is -4.44. The molecule has 2 atom stereocenters. The van der Waals surface area contributed by atoms with E-state index >= 15 is 0 Å². The quantitative estimate of drug-likeness (QED) is 0.225. The highest BCUT2D eigenvalue weighted by atomic mass is 32.2. The van der Waals surface area contributed by atoms with E-state index in [1.165, 1.54) is 30.5 Å². The standard InChI is InChI=1S/C30H35F5N4O5S2/c1-3-43-19-25(21-7-11-24(12-8-21)46(41,42)4-2)37-27(40)26-15-36-29(45-26)39-14-13-38(17-23(39)18-44-28(31)32)16-20-5-9-22(10-6-20)30(33,34)35/h5-12,15,23,25,28H,3-4,13-14,16-19H2,1-2H3,(H,37,40)/t23?,25-/m0/s1. The molecular weight excluding hydrogens is 655 g/mol. The summed E-state index contributed by atoms with van der Waals surface area (Å²) in [5.41, 5.74) is 0.541. The van der Waals surface area contributed by atoms with Crippen molar-refractivity contribution in [2.24, 2.45) is 0 Å². The number of nitrogens with one attached hydrogen (secondary N) is 1. The Kier molecular flexibility index (Phi) is 12.1. The zero-order valence-corrected chi connectivity index (χ0v) is 26.8. The Morgan fingerprint density at radius 3 is 2.39 bits per heavy atom. The molecule has 1 N–H and O–H groups in total. The molecule has 0 saturated carbocycles. The maximum Gasteiger partial charge on any atom is 0.416 e. The van der Waals surface area contributed by atoms with E-state index < -0.39 is 46.2 Å². The number of benzene rings is 2. The number of anilines is 1. The van der Waals surface area contributed by atoms with E-state index in [9.17, 15) is 35.2 Å². The first-order valence-electron chi connectivity index (χ1n) is 14.5. The predicted molar refractivity (Wildman–Crippen MR) is 163 cm³/mol. The molecule has 1 aromatic heterocycles. The number of rotatable bonds is 14. The first-order valence-corrected chi connectivity index (χ1v) is 17.0. The number of hydrogen-bond donors (Lipinski definition) is 1. The maximum absolute atomic E-state index is 13.3. The molecule has 46 heavy (non-hydrogen) atoms. The minimum Gasteiger partial charge on any atom is -0.379 e. The summed E-state index contributed by atoms with van der Waals surface area (Å²) in [6, 6.07) is 9.89. The predicted octanol–water partition coefficient (Wildman–Crippen LogP) is 5.39. The number of ether oxygens (including phenoxy) is 2. The van der Waals surface area contributed by atoms with Crippen LogP contribution in [0.4, 0.5) is 27.1 Å². The number of sulfone groups is 1. The fourth-order valence-electron chi connectivity index (χ4n) is 4.96. The van der Waals surface area contributed by atoms with E-state index in [4.69, 9.17) is 4.74 Å². The molecule has 0 bridgehead atoms. The van der Waals surface area contributed by atoms with Gasteiger partial charge in [-0.05, 0) is 42.3 Å². The number of carbonyl (C=O) groups is 1. The van der Waals surface area contributed by atoms with Crippen molar-refractivity contribution in [3.8, 4) is 0 Å². The fraction of sp³-hybridized carbons (Fsp3) is 0.467. The normalized spacial score (nSPS) is 17.0. The first-order chi connectivity index (χ1) is 21.8. The van der Waals surface area contributed by atoms with E-state index in [1.54, 1.807) is 24.0 Å². The lowest BCUT2D eigenvalue weighted by Crippen LogP contribution is -2.55. The lowest BCUT2D eigenvalue weighted by Gasteiger charge is -2.41. The molecule has 1 amide bonds. The molecule has 0 spiro atoms. The average molecular weight is 691 g/mol. The van der Waals surface area contributed by atoms with Gasteiger partial charge in [-0.1, -0.05) is 42.5 Å². The van der Waals surface area contributed by atoms with Crippen LogP contribution in [0.15, 0.2) is 59.6 Å². The summed E-state index contributed by atoms with van der Waals surface area (Å²) >= 11 is 1.08. The van der Waals surface area contributed by atoms with Crippen molar-refractivity contribution in [3.05, 3.63) is 76.3 Å². The second-order valence-electron chi connectivity index (χ2n) is 10.5. The number of hydrogen-bond acceptors (Lipinski definition) is 9. The Balaban J connectivity index is 1.45. The molecule has 2 heterocycles. The van der Waals surface area contributed by atoms with Gasteiger partial charge in [0.1, 0.15) is 4.88 Å². The molecule has 9 nitrogen and oxygen atoms in total. The number of nitrogens with zero attached hydrogens (tertiary/aromatic N) is 3. The molecule has 1 aliphatic rings. The summed E-state index contributed by atoms with van der Waals surface area (Å²) in [6.45, 7) is 1.98. The van der Waals surface area contributed by atoms with Gasteiger partial charge in [-0.3, -0.25) is 9.69 Å². The van der Waals surface area contributed by atoms with Crippen LogP contribution in [0.2, 0.25) is 0 Å². The number of alkyl halides is 5. The Morgan fingerprint density at radius 2 is 1.78 bits per heavy atom. The van der Waals surface area contributed by atoms with Crippen LogP contribution < -0.4 is 10.2 Å². The molecule has 3 aromatic rings. The van der Waals surface area contributed by atoms with E-state index in [0.29, 0.717) is 42.5 Å². The highest BCUT2D eigenvalue weighted by molar-refractivity contribution is 7.91. The number of thiazole rings is 1. The van der Waals surface area contributed by atoms with Crippen LogP contribution in [0.3, 0.4) is 0 Å². The summed E-state index contributed by atoms with van der Waals surface area (Å²) in [5.74, 6) is -0.484. The molecule has 4 rings (SSSR count). The average Bonchev–Trinajstić information content (AvgIpc) is 3.52. The molecule has 252 valence electrons. The van der Waals surface area contributed by atoms with Gasteiger partial charge >= 0.3 is 12.8 Å². The van der Waals surface area contributed by atoms with Crippen molar-refractivity contribution < 1.29 is 44.6 Å². The van der Waals surface area contributed by atoms with Crippen LogP contribution in [-0.4, -0.2) is 82.1 Å². The van der Waals surface area contributed by atoms with Gasteiger partial charge < -0.3 is 19.7 Å². The number of amides is 1. The van der Waals surface area contributed by atoms with Gasteiger partial charge in [0, 0.05) is 32.8 Å². The second-order valence-corrected chi connectivity index (χ2v) is 13.8. The summed E-state index contributed by atoms with van der Waals surface area (Å²) < 4.78 is 99.4. The maximum atomic E-state index is 13.3. The Labute approximate surface area is 268 Å². The van der Waals surface area contributed by atoms with Gasteiger partial charge in [-0.15, -0.1) is 0 Å². The molecule has 1 aliphatic heterocycles. The van der Waals surface area contributed by atoms with Crippen LogP contribution >= 0.6 is 11.3 Å². The van der Waals surface area contributed by atoms with Crippen molar-refractivity contribution in [2.45, 2.75) is 50.2 Å². The fourth-order valence-corrected chi connectivity index (χ4v) is 6.76. The topological polar surface area (TPSA) is 101 Å². The SMILES string of the molecule is CCOC[C@H](NC(=O)c1cnc(N2CCN(Cc3ccc(C(F)(F)F)cc3)CC2COC(F)F)s1)c1ccc(S(=O)(=O)CC)cc1. The lowest BCUT2D eigenvalue weighted by molar-refractivity contribution is -0.137. The Hall–Kier alpha value is -3.18. The van der Waals surface area contributed by atoms with Crippen molar-refractivity contribution in [1.29, 1.82) is 0 Å². The first kappa shape index (κ1) is 35.7. The summed E-state index contributed by atoms with van der Waals surface area (Å²) in [4.78, 5) is 21.8. The number of aromatic nitrogens is 1. The van der Waals surface area contributed by atoms with Crippen molar-refractivity contribution >= 4 is 32.2 Å². The van der Waals surface area contributed by atoms with Crippen molar-refractivity contribution in [3.63, 3.8) is 0 Å². The third-order valence-electron chi connectivity index (χ3n) is 7.45. The number of halogens is 5. The molecule has 1 fully saturated rings.